The Morgan fingerprint density at radius 3 is 2.18 bits per heavy atom. The van der Waals surface area contributed by atoms with Crippen LogP contribution in [0.25, 0.3) is 0 Å². The maximum absolute atomic E-state index is 13.4. The van der Waals surface area contributed by atoms with Gasteiger partial charge in [-0.25, -0.2) is 18.4 Å². The van der Waals surface area contributed by atoms with E-state index in [1.807, 2.05) is 18.2 Å². The summed E-state index contributed by atoms with van der Waals surface area (Å²) >= 11 is 0. The number of carbonyl (C=O) groups excluding carboxylic acids is 3. The zero-order valence-electron chi connectivity index (χ0n) is 20.9. The molecule has 11 nitrogen and oxygen atoms in total. The van der Waals surface area contributed by atoms with E-state index in [0.29, 0.717) is 23.8 Å². The Kier molecular flexibility index (Phi) is 12.3. The highest BCUT2D eigenvalue weighted by atomic mass is 19.1. The summed E-state index contributed by atoms with van der Waals surface area (Å²) in [4.78, 5) is 60.1. The predicted octanol–water partition coefficient (Wildman–Crippen LogP) is 2.09. The van der Waals surface area contributed by atoms with Crippen LogP contribution in [0.2, 0.25) is 0 Å². The molecule has 39 heavy (non-hydrogen) atoms. The van der Waals surface area contributed by atoms with Gasteiger partial charge in [0, 0.05) is 12.6 Å². The first-order valence-corrected chi connectivity index (χ1v) is 11.9. The van der Waals surface area contributed by atoms with Crippen molar-refractivity contribution in [3.05, 3.63) is 71.3 Å². The molecule has 4 N–H and O–H groups in total. The third kappa shape index (κ3) is 12.0. The summed E-state index contributed by atoms with van der Waals surface area (Å²) in [6.07, 6.45) is -0.519. The molecule has 0 saturated heterocycles. The zero-order chi connectivity index (χ0) is 28.8. The van der Waals surface area contributed by atoms with Crippen LogP contribution in [0.1, 0.15) is 30.4 Å². The Morgan fingerprint density at radius 2 is 1.56 bits per heavy atom. The van der Waals surface area contributed by atoms with Crippen molar-refractivity contribution in [2.75, 3.05) is 19.6 Å². The average molecular weight is 550 g/mol. The van der Waals surface area contributed by atoms with Gasteiger partial charge < -0.3 is 30.5 Å². The van der Waals surface area contributed by atoms with E-state index in [1.165, 1.54) is 0 Å². The molecule has 0 aliphatic carbocycles. The van der Waals surface area contributed by atoms with Crippen LogP contribution in [-0.4, -0.2) is 70.6 Å². The molecule has 2 aromatic rings. The Balaban J connectivity index is 1.80. The highest BCUT2D eigenvalue weighted by Crippen LogP contribution is 2.10. The molecule has 2 rings (SSSR count). The third-order valence-corrected chi connectivity index (χ3v) is 5.33. The van der Waals surface area contributed by atoms with Crippen LogP contribution < -0.4 is 10.6 Å². The molecule has 0 spiro atoms. The molecule has 3 amide bonds. The number of benzene rings is 2. The number of unbranched alkanes of at least 4 members (excludes halogenated alkanes) is 1. The number of carboxylic acids is 2. The number of aliphatic carboxylic acids is 2. The van der Waals surface area contributed by atoms with Gasteiger partial charge in [-0.1, -0.05) is 30.3 Å². The summed E-state index contributed by atoms with van der Waals surface area (Å²) < 4.78 is 31.9. The van der Waals surface area contributed by atoms with E-state index >= 15 is 0 Å². The molecule has 0 aromatic heterocycles. The highest BCUT2D eigenvalue weighted by molar-refractivity contribution is 5.90. The maximum Gasteiger partial charge on any atom is 0.407 e. The Labute approximate surface area is 222 Å². The van der Waals surface area contributed by atoms with Gasteiger partial charge in [-0.2, -0.15) is 0 Å². The molecule has 13 heteroatoms. The van der Waals surface area contributed by atoms with Crippen LogP contribution in [0.15, 0.2) is 48.5 Å². The normalized spacial score (nSPS) is 11.2. The molecule has 2 aromatic carbocycles. The van der Waals surface area contributed by atoms with E-state index in [1.54, 1.807) is 12.1 Å². The van der Waals surface area contributed by atoms with E-state index in [4.69, 9.17) is 9.84 Å². The summed E-state index contributed by atoms with van der Waals surface area (Å²) in [5, 5.41) is 23.3. The topological polar surface area (TPSA) is 162 Å². The van der Waals surface area contributed by atoms with Crippen LogP contribution in [0.4, 0.5) is 13.6 Å². The fourth-order valence-corrected chi connectivity index (χ4v) is 3.50. The van der Waals surface area contributed by atoms with Crippen molar-refractivity contribution in [3.8, 4) is 0 Å². The summed E-state index contributed by atoms with van der Waals surface area (Å²) in [7, 11) is 0. The van der Waals surface area contributed by atoms with Gasteiger partial charge in [-0.15, -0.1) is 0 Å². The van der Waals surface area contributed by atoms with Gasteiger partial charge in [-0.3, -0.25) is 14.4 Å². The second-order valence-electron chi connectivity index (χ2n) is 8.54. The molecule has 0 aliphatic heterocycles. The van der Waals surface area contributed by atoms with Crippen LogP contribution in [0.5, 0.6) is 0 Å². The number of amides is 3. The molecule has 0 bridgehead atoms. The van der Waals surface area contributed by atoms with Crippen LogP contribution >= 0.6 is 0 Å². The third-order valence-electron chi connectivity index (χ3n) is 5.33. The first-order chi connectivity index (χ1) is 18.5. The van der Waals surface area contributed by atoms with E-state index in [0.717, 1.165) is 17.7 Å². The van der Waals surface area contributed by atoms with Crippen molar-refractivity contribution in [2.24, 2.45) is 0 Å². The van der Waals surface area contributed by atoms with Crippen LogP contribution in [-0.2, 0) is 36.9 Å². The molecule has 0 unspecified atom stereocenters. The molecule has 210 valence electrons. The second-order valence-corrected chi connectivity index (χ2v) is 8.54. The van der Waals surface area contributed by atoms with Crippen molar-refractivity contribution < 1.29 is 47.7 Å². The number of nitrogens with one attached hydrogen (secondary N) is 2. The van der Waals surface area contributed by atoms with Crippen molar-refractivity contribution >= 4 is 29.8 Å². The number of carbonyl (C=O) groups is 5. The van der Waals surface area contributed by atoms with Gasteiger partial charge in [0.1, 0.15) is 37.4 Å². The minimum Gasteiger partial charge on any atom is -0.480 e. The zero-order valence-corrected chi connectivity index (χ0v) is 20.9. The van der Waals surface area contributed by atoms with Crippen molar-refractivity contribution in [1.29, 1.82) is 0 Å². The number of hydrogen-bond acceptors (Lipinski definition) is 6. The average Bonchev–Trinajstić information content (AvgIpc) is 2.85. The minimum atomic E-state index is -1.44. The number of hydrogen-bond donors (Lipinski definition) is 4. The Hall–Kier alpha value is -4.55. The van der Waals surface area contributed by atoms with Crippen LogP contribution in [0, 0.1) is 11.6 Å². The van der Waals surface area contributed by atoms with Gasteiger partial charge in [0.25, 0.3) is 0 Å². The van der Waals surface area contributed by atoms with E-state index in [-0.39, 0.29) is 25.1 Å². The second kappa shape index (κ2) is 15.6. The number of halogens is 2. The standard InChI is InChI=1S/C26H29F2N3O8/c27-19-10-18(11-20(28)13-19)12-23(33)31(15-24(34)35)14-22(32)30-21(25(36)37)8-4-5-9-29-26(38)39-16-17-6-2-1-3-7-17/h1-3,6-7,10-11,13,21H,4-5,8-9,12,14-16H2,(H,29,38)(H,30,32)(H,34,35)(H,36,37)/t21-/m1/s1. The van der Waals surface area contributed by atoms with Gasteiger partial charge in [0.15, 0.2) is 0 Å². The quantitative estimate of drug-likeness (QED) is 0.246. The minimum absolute atomic E-state index is 0.00272. The lowest BCUT2D eigenvalue weighted by molar-refractivity contribution is -0.147. The molecular formula is C26H29F2N3O8. The lowest BCUT2D eigenvalue weighted by atomic mass is 10.1. The van der Waals surface area contributed by atoms with Crippen molar-refractivity contribution in [1.82, 2.24) is 15.5 Å². The predicted molar refractivity (Wildman–Crippen MR) is 132 cm³/mol. The van der Waals surface area contributed by atoms with Gasteiger partial charge in [0.2, 0.25) is 11.8 Å². The summed E-state index contributed by atoms with van der Waals surface area (Å²) in [5.41, 5.74) is 0.758. The first-order valence-electron chi connectivity index (χ1n) is 11.9. The molecule has 0 saturated carbocycles. The fraction of sp³-hybridized carbons (Fsp3) is 0.346. The highest BCUT2D eigenvalue weighted by Gasteiger charge is 2.24. The summed E-state index contributed by atoms with van der Waals surface area (Å²) in [5.74, 6) is -6.46. The van der Waals surface area contributed by atoms with Crippen molar-refractivity contribution in [3.63, 3.8) is 0 Å². The lowest BCUT2D eigenvalue weighted by Gasteiger charge is -2.22. The van der Waals surface area contributed by atoms with Crippen molar-refractivity contribution in [2.45, 2.75) is 38.3 Å². The molecule has 0 radical (unpaired) electrons. The van der Waals surface area contributed by atoms with E-state index < -0.39 is 67.0 Å². The number of nitrogens with zero attached hydrogens (tertiary/aromatic N) is 1. The number of ether oxygens (including phenoxy) is 1. The smallest absolute Gasteiger partial charge is 0.407 e. The summed E-state index contributed by atoms with van der Waals surface area (Å²) in [6.45, 7) is -1.36. The molecule has 0 aliphatic rings. The van der Waals surface area contributed by atoms with Gasteiger partial charge in [0.05, 0.1) is 6.42 Å². The molecule has 0 heterocycles. The first kappa shape index (κ1) is 30.7. The van der Waals surface area contributed by atoms with Crippen LogP contribution in [0.3, 0.4) is 0 Å². The number of rotatable bonds is 15. The number of carboxylic acid groups (broad SMARTS) is 2. The Bertz CT molecular complexity index is 1140. The molecule has 0 fully saturated rings. The van der Waals surface area contributed by atoms with Gasteiger partial charge in [-0.05, 0) is 42.5 Å². The molecule has 1 atom stereocenters. The van der Waals surface area contributed by atoms with E-state index in [9.17, 15) is 37.9 Å². The monoisotopic (exact) mass is 549 g/mol. The van der Waals surface area contributed by atoms with E-state index in [2.05, 4.69) is 10.6 Å². The summed E-state index contributed by atoms with van der Waals surface area (Å²) in [6, 6.07) is 10.1. The largest absolute Gasteiger partial charge is 0.480 e. The SMILES string of the molecule is O=C(O)CN(CC(=O)N[C@H](CCCCNC(=O)OCc1ccccc1)C(=O)O)C(=O)Cc1cc(F)cc(F)c1. The number of alkyl carbamates (subject to hydrolysis) is 1. The fourth-order valence-electron chi connectivity index (χ4n) is 3.50. The lowest BCUT2D eigenvalue weighted by Crippen LogP contribution is -2.48. The molecular weight excluding hydrogens is 520 g/mol. The van der Waals surface area contributed by atoms with Gasteiger partial charge >= 0.3 is 18.0 Å². The Morgan fingerprint density at radius 1 is 0.897 bits per heavy atom. The maximum atomic E-state index is 13.4.